The molecule has 2 N–H and O–H groups in total. The molecule has 226 valence electrons. The molecule has 4 heterocycles. The molecule has 0 spiro atoms. The highest BCUT2D eigenvalue weighted by Gasteiger charge is 2.31. The third-order valence-corrected chi connectivity index (χ3v) is 9.08. The molecule has 2 amide bonds. The van der Waals surface area contributed by atoms with Gasteiger partial charge in [0, 0.05) is 73.8 Å². The van der Waals surface area contributed by atoms with Crippen LogP contribution in [0.15, 0.2) is 67.3 Å². The molecule has 0 unspecified atom stereocenters. The molecule has 12 heteroatoms. The number of carbonyl (C=O) groups excluding carboxylic acids is 1. The lowest BCUT2D eigenvalue weighted by molar-refractivity contribution is 0.240. The average molecular weight is 609 g/mol. The summed E-state index contributed by atoms with van der Waals surface area (Å²) in [5, 5.41) is 20.5. The highest BCUT2D eigenvalue weighted by atomic mass is 32.2. The van der Waals surface area contributed by atoms with E-state index >= 15 is 0 Å². The van der Waals surface area contributed by atoms with Gasteiger partial charge in [-0.2, -0.15) is 27.1 Å². The van der Waals surface area contributed by atoms with Crippen LogP contribution in [0.4, 0.5) is 22.4 Å². The molecular formula is C32H36N10OS. The predicted octanol–water partition coefficient (Wildman–Crippen LogP) is 4.84. The van der Waals surface area contributed by atoms with Crippen LogP contribution in [0.3, 0.4) is 0 Å². The van der Waals surface area contributed by atoms with E-state index in [0.717, 1.165) is 67.0 Å². The van der Waals surface area contributed by atoms with Crippen LogP contribution in [-0.2, 0) is 13.6 Å². The first-order valence-corrected chi connectivity index (χ1v) is 16.2. The fourth-order valence-corrected chi connectivity index (χ4v) is 6.69. The number of hydrogen-bond acceptors (Lipinski definition) is 9. The third kappa shape index (κ3) is 6.94. The highest BCUT2D eigenvalue weighted by Crippen LogP contribution is 2.30. The van der Waals surface area contributed by atoms with E-state index in [4.69, 9.17) is 9.97 Å². The Bertz CT molecular complexity index is 1590. The Labute approximate surface area is 261 Å². The molecule has 1 aromatic carbocycles. The van der Waals surface area contributed by atoms with E-state index in [1.54, 1.807) is 23.3 Å². The zero-order chi connectivity index (χ0) is 30.3. The number of hydrogen-bond donors (Lipinski definition) is 2. The first-order chi connectivity index (χ1) is 21.6. The number of benzene rings is 1. The summed E-state index contributed by atoms with van der Waals surface area (Å²) in [5.41, 5.74) is 3.47. The van der Waals surface area contributed by atoms with Crippen LogP contribution in [-0.4, -0.2) is 67.4 Å². The van der Waals surface area contributed by atoms with Crippen molar-refractivity contribution in [1.82, 2.24) is 30.0 Å². The van der Waals surface area contributed by atoms with E-state index in [0.29, 0.717) is 29.7 Å². The van der Waals surface area contributed by atoms with Gasteiger partial charge in [0.25, 0.3) is 0 Å². The first kappa shape index (κ1) is 29.4. The van der Waals surface area contributed by atoms with Crippen molar-refractivity contribution in [1.29, 1.82) is 5.26 Å². The van der Waals surface area contributed by atoms with Gasteiger partial charge in [-0.3, -0.25) is 9.58 Å². The van der Waals surface area contributed by atoms with E-state index in [1.165, 1.54) is 0 Å². The van der Waals surface area contributed by atoms with E-state index in [9.17, 15) is 10.1 Å². The lowest BCUT2D eigenvalue weighted by Crippen LogP contribution is -2.49. The summed E-state index contributed by atoms with van der Waals surface area (Å²) in [4.78, 5) is 31.6. The summed E-state index contributed by atoms with van der Waals surface area (Å²) in [5.74, 6) is 3.93. The van der Waals surface area contributed by atoms with Crippen LogP contribution >= 0.6 is 11.8 Å². The first-order valence-electron chi connectivity index (χ1n) is 15.0. The number of thioether (sulfide) groups is 1. The van der Waals surface area contributed by atoms with Crippen molar-refractivity contribution in [2.24, 2.45) is 7.05 Å². The fraction of sp³-hybridized carbons (Fsp3) is 0.375. The number of nitrogens with zero attached hydrogens (tertiary/aromatic N) is 8. The molecular weight excluding hydrogens is 572 g/mol. The molecule has 1 saturated carbocycles. The van der Waals surface area contributed by atoms with Crippen molar-refractivity contribution < 1.29 is 4.79 Å². The number of rotatable bonds is 8. The molecule has 1 aliphatic carbocycles. The maximum Gasteiger partial charge on any atom is 0.323 e. The van der Waals surface area contributed by atoms with Gasteiger partial charge in [0.15, 0.2) is 5.82 Å². The summed E-state index contributed by atoms with van der Waals surface area (Å²) in [6, 6.07) is 16.1. The lowest BCUT2D eigenvalue weighted by Gasteiger charge is -2.36. The zero-order valence-electron chi connectivity index (χ0n) is 24.8. The second-order valence-corrected chi connectivity index (χ2v) is 12.3. The second kappa shape index (κ2) is 13.8. The van der Waals surface area contributed by atoms with Crippen molar-refractivity contribution in [2.45, 2.75) is 44.3 Å². The molecule has 0 atom stereocenters. The smallest absolute Gasteiger partial charge is 0.323 e. The topological polar surface area (TPSA) is 128 Å². The molecule has 1 saturated heterocycles. The number of aromatic nitrogens is 5. The molecule has 44 heavy (non-hydrogen) atoms. The van der Waals surface area contributed by atoms with Gasteiger partial charge in [-0.05, 0) is 43.4 Å². The Morgan fingerprint density at radius 1 is 1.02 bits per heavy atom. The third-order valence-electron chi connectivity index (χ3n) is 8.13. The number of urea groups is 1. The number of nitrogens with one attached hydrogen (secondary N) is 2. The van der Waals surface area contributed by atoms with Crippen LogP contribution < -0.4 is 20.4 Å². The molecule has 1 aliphatic heterocycles. The Hall–Kier alpha value is -4.63. The number of aryl methyl sites for hydroxylation is 1. The Morgan fingerprint density at radius 2 is 1.82 bits per heavy atom. The number of nitriles is 1. The summed E-state index contributed by atoms with van der Waals surface area (Å²) in [7, 11) is 1.88. The number of amides is 2. The van der Waals surface area contributed by atoms with Gasteiger partial charge in [-0.15, -0.1) is 0 Å². The van der Waals surface area contributed by atoms with Crippen LogP contribution in [0.25, 0.3) is 11.1 Å². The molecule has 6 rings (SSSR count). The SMILES string of the molecule is Cn1cc(-c2ccc(N(C(=O)NCc3ccccc3)C3CCC(Nc4ncc(C#N)c(N5CCSCC5)n4)CC3)nc2)cn1. The van der Waals surface area contributed by atoms with Gasteiger partial charge < -0.3 is 15.5 Å². The fourth-order valence-electron chi connectivity index (χ4n) is 5.78. The Balaban J connectivity index is 1.15. The minimum absolute atomic E-state index is 0.0103. The maximum atomic E-state index is 13.7. The normalized spacial score (nSPS) is 18.3. The van der Waals surface area contributed by atoms with Gasteiger partial charge >= 0.3 is 6.03 Å². The Kier molecular flexibility index (Phi) is 9.22. The summed E-state index contributed by atoms with van der Waals surface area (Å²) in [6.07, 6.45) is 10.5. The van der Waals surface area contributed by atoms with Crippen molar-refractivity contribution >= 4 is 35.4 Å². The van der Waals surface area contributed by atoms with E-state index in [2.05, 4.69) is 31.7 Å². The second-order valence-electron chi connectivity index (χ2n) is 11.1. The van der Waals surface area contributed by atoms with E-state index in [-0.39, 0.29) is 18.1 Å². The van der Waals surface area contributed by atoms with E-state index in [1.807, 2.05) is 72.4 Å². The van der Waals surface area contributed by atoms with Crippen LogP contribution in [0.5, 0.6) is 0 Å². The van der Waals surface area contributed by atoms with Gasteiger partial charge in [-0.25, -0.2) is 14.8 Å². The lowest BCUT2D eigenvalue weighted by atomic mass is 9.90. The minimum Gasteiger partial charge on any atom is -0.354 e. The Morgan fingerprint density at radius 3 is 2.50 bits per heavy atom. The number of pyridine rings is 1. The van der Waals surface area contributed by atoms with Crippen LogP contribution in [0, 0.1) is 11.3 Å². The minimum atomic E-state index is -0.161. The van der Waals surface area contributed by atoms with E-state index < -0.39 is 0 Å². The largest absolute Gasteiger partial charge is 0.354 e. The summed E-state index contributed by atoms with van der Waals surface area (Å²) >= 11 is 1.92. The van der Waals surface area contributed by atoms with Gasteiger partial charge in [0.2, 0.25) is 5.95 Å². The monoisotopic (exact) mass is 608 g/mol. The number of carbonyl (C=O) groups is 1. The standard InChI is InChI=1S/C32H36N10OS/c1-40-22-26(21-37-40)24-7-12-29(34-19-24)42(32(43)36-18-23-5-3-2-4-6-23)28-10-8-27(9-11-28)38-31-35-20-25(17-33)30(39-31)41-13-15-44-16-14-41/h2-7,12,19-22,27-28H,8-11,13-16,18H2,1H3,(H,36,43)(H,35,38,39). The van der Waals surface area contributed by atoms with Crippen molar-refractivity contribution in [2.75, 3.05) is 39.7 Å². The van der Waals surface area contributed by atoms with Crippen molar-refractivity contribution in [3.63, 3.8) is 0 Å². The number of anilines is 3. The van der Waals surface area contributed by atoms with Crippen LogP contribution in [0.1, 0.15) is 36.8 Å². The molecule has 2 fully saturated rings. The van der Waals surface area contributed by atoms with Crippen molar-refractivity contribution in [3.05, 3.63) is 78.4 Å². The molecule has 3 aromatic heterocycles. The zero-order valence-corrected chi connectivity index (χ0v) is 25.6. The average Bonchev–Trinajstić information content (AvgIpc) is 3.52. The predicted molar refractivity (Wildman–Crippen MR) is 174 cm³/mol. The van der Waals surface area contributed by atoms with Gasteiger partial charge in [-0.1, -0.05) is 30.3 Å². The quantitative estimate of drug-likeness (QED) is 0.289. The molecule has 4 aromatic rings. The summed E-state index contributed by atoms with van der Waals surface area (Å²) < 4.78 is 1.76. The van der Waals surface area contributed by atoms with Crippen LogP contribution in [0.2, 0.25) is 0 Å². The van der Waals surface area contributed by atoms with Crippen molar-refractivity contribution in [3.8, 4) is 17.2 Å². The van der Waals surface area contributed by atoms with Gasteiger partial charge in [0.05, 0.1) is 12.4 Å². The molecule has 0 radical (unpaired) electrons. The maximum absolute atomic E-state index is 13.7. The molecule has 11 nitrogen and oxygen atoms in total. The summed E-state index contributed by atoms with van der Waals surface area (Å²) in [6.45, 7) is 2.19. The molecule has 2 aliphatic rings. The highest BCUT2D eigenvalue weighted by molar-refractivity contribution is 7.99. The van der Waals surface area contributed by atoms with Gasteiger partial charge in [0.1, 0.15) is 17.5 Å². The molecule has 0 bridgehead atoms.